The Labute approximate surface area is 124 Å². The summed E-state index contributed by atoms with van der Waals surface area (Å²) in [4.78, 5) is 15.9. The highest BCUT2D eigenvalue weighted by Crippen LogP contribution is 2.10. The summed E-state index contributed by atoms with van der Waals surface area (Å²) in [7, 11) is 0. The summed E-state index contributed by atoms with van der Waals surface area (Å²) in [5.74, 6) is -2.19. The minimum absolute atomic E-state index is 0.124. The number of carbonyl (C=O) groups excluding carboxylic acids is 1. The van der Waals surface area contributed by atoms with Crippen LogP contribution in [0.4, 0.5) is 8.78 Å². The number of aryl methyl sites for hydroxylation is 1. The lowest BCUT2D eigenvalue weighted by Crippen LogP contribution is -2.21. The van der Waals surface area contributed by atoms with E-state index in [1.54, 1.807) is 12.3 Å². The van der Waals surface area contributed by atoms with Gasteiger partial charge in [0, 0.05) is 10.9 Å². The third-order valence-electron chi connectivity index (χ3n) is 2.69. The van der Waals surface area contributed by atoms with Gasteiger partial charge in [0.1, 0.15) is 0 Å². The SMILES string of the molecule is C/C(=N/NC(=O)Cc1csc(C)n1)c1ccc(F)c(F)c1. The molecule has 0 aliphatic carbocycles. The highest BCUT2D eigenvalue weighted by atomic mass is 32.1. The molecular weight excluding hydrogens is 296 g/mol. The molecule has 1 heterocycles. The second-order valence-corrected chi connectivity index (χ2v) is 5.46. The number of rotatable bonds is 4. The van der Waals surface area contributed by atoms with Crippen LogP contribution in [-0.4, -0.2) is 16.6 Å². The van der Waals surface area contributed by atoms with E-state index in [-0.39, 0.29) is 12.3 Å². The maximum Gasteiger partial charge on any atom is 0.246 e. The van der Waals surface area contributed by atoms with Crippen LogP contribution in [0.15, 0.2) is 28.7 Å². The van der Waals surface area contributed by atoms with Crippen LogP contribution in [0.2, 0.25) is 0 Å². The van der Waals surface area contributed by atoms with Gasteiger partial charge >= 0.3 is 0 Å². The number of hydrogen-bond donors (Lipinski definition) is 1. The van der Waals surface area contributed by atoms with Crippen molar-refractivity contribution in [3.8, 4) is 0 Å². The van der Waals surface area contributed by atoms with E-state index in [0.717, 1.165) is 17.1 Å². The topological polar surface area (TPSA) is 54.4 Å². The Morgan fingerprint density at radius 3 is 2.76 bits per heavy atom. The third-order valence-corrected chi connectivity index (χ3v) is 3.52. The van der Waals surface area contributed by atoms with Crippen molar-refractivity contribution in [3.63, 3.8) is 0 Å². The number of aromatic nitrogens is 1. The predicted octanol–water partition coefficient (Wildman–Crippen LogP) is 2.81. The van der Waals surface area contributed by atoms with Crippen molar-refractivity contribution < 1.29 is 13.6 Å². The Balaban J connectivity index is 1.99. The Morgan fingerprint density at radius 1 is 1.38 bits per heavy atom. The number of hydrazone groups is 1. The highest BCUT2D eigenvalue weighted by molar-refractivity contribution is 7.09. The van der Waals surface area contributed by atoms with Crippen LogP contribution >= 0.6 is 11.3 Å². The molecule has 1 aromatic heterocycles. The van der Waals surface area contributed by atoms with Crippen molar-refractivity contribution in [3.05, 3.63) is 51.5 Å². The normalized spacial score (nSPS) is 11.5. The van der Waals surface area contributed by atoms with E-state index in [9.17, 15) is 13.6 Å². The summed E-state index contributed by atoms with van der Waals surface area (Å²) in [6.45, 7) is 3.46. The summed E-state index contributed by atoms with van der Waals surface area (Å²) in [5.41, 5.74) is 3.83. The number of carbonyl (C=O) groups is 1. The predicted molar refractivity (Wildman–Crippen MR) is 77.3 cm³/mol. The van der Waals surface area contributed by atoms with Gasteiger partial charge in [-0.2, -0.15) is 5.10 Å². The van der Waals surface area contributed by atoms with Gasteiger partial charge in [-0.3, -0.25) is 4.79 Å². The zero-order valence-electron chi connectivity index (χ0n) is 11.5. The fourth-order valence-electron chi connectivity index (χ4n) is 1.63. The molecule has 0 saturated heterocycles. The first-order valence-electron chi connectivity index (χ1n) is 6.15. The van der Waals surface area contributed by atoms with E-state index in [2.05, 4.69) is 15.5 Å². The molecule has 0 aliphatic heterocycles. The maximum atomic E-state index is 13.1. The molecule has 0 spiro atoms. The van der Waals surface area contributed by atoms with Gasteiger partial charge in [0.15, 0.2) is 11.6 Å². The summed E-state index contributed by atoms with van der Waals surface area (Å²) < 4.78 is 25.9. The Hall–Kier alpha value is -2.15. The number of halogens is 2. The van der Waals surface area contributed by atoms with E-state index < -0.39 is 11.6 Å². The summed E-state index contributed by atoms with van der Waals surface area (Å²) in [6, 6.07) is 3.45. The van der Waals surface area contributed by atoms with Gasteiger partial charge in [0.25, 0.3) is 0 Å². The van der Waals surface area contributed by atoms with Gasteiger partial charge in [0.2, 0.25) is 5.91 Å². The number of nitrogens with zero attached hydrogens (tertiary/aromatic N) is 2. The van der Waals surface area contributed by atoms with Crippen molar-refractivity contribution >= 4 is 23.0 Å². The van der Waals surface area contributed by atoms with Gasteiger partial charge < -0.3 is 0 Å². The van der Waals surface area contributed by atoms with Crippen molar-refractivity contribution in [1.29, 1.82) is 0 Å². The summed E-state index contributed by atoms with van der Waals surface area (Å²) in [5, 5.41) is 6.57. The van der Waals surface area contributed by atoms with Crippen molar-refractivity contribution in [1.82, 2.24) is 10.4 Å². The molecule has 1 aromatic carbocycles. The fourth-order valence-corrected chi connectivity index (χ4v) is 2.24. The van der Waals surface area contributed by atoms with E-state index in [4.69, 9.17) is 0 Å². The monoisotopic (exact) mass is 309 g/mol. The first-order chi connectivity index (χ1) is 9.95. The molecule has 0 fully saturated rings. The molecule has 0 aliphatic rings. The van der Waals surface area contributed by atoms with Crippen LogP contribution in [0.25, 0.3) is 0 Å². The van der Waals surface area contributed by atoms with Crippen molar-refractivity contribution in [2.24, 2.45) is 5.10 Å². The third kappa shape index (κ3) is 4.16. The average molecular weight is 309 g/mol. The van der Waals surface area contributed by atoms with Gasteiger partial charge in [-0.05, 0) is 32.0 Å². The van der Waals surface area contributed by atoms with Crippen molar-refractivity contribution in [2.75, 3.05) is 0 Å². The molecule has 0 saturated carbocycles. The molecule has 0 atom stereocenters. The molecule has 0 unspecified atom stereocenters. The van der Waals surface area contributed by atoms with Crippen LogP contribution in [0.1, 0.15) is 23.2 Å². The van der Waals surface area contributed by atoms with E-state index in [0.29, 0.717) is 17.0 Å². The lowest BCUT2D eigenvalue weighted by Gasteiger charge is -2.03. The van der Waals surface area contributed by atoms with Crippen LogP contribution in [0, 0.1) is 18.6 Å². The molecule has 2 rings (SSSR count). The molecule has 1 amide bonds. The number of benzene rings is 1. The van der Waals surface area contributed by atoms with E-state index >= 15 is 0 Å². The molecule has 1 N–H and O–H groups in total. The van der Waals surface area contributed by atoms with E-state index in [1.165, 1.54) is 17.4 Å². The van der Waals surface area contributed by atoms with E-state index in [1.807, 2.05) is 6.92 Å². The molecule has 21 heavy (non-hydrogen) atoms. The highest BCUT2D eigenvalue weighted by Gasteiger charge is 2.07. The number of hydrogen-bond acceptors (Lipinski definition) is 4. The van der Waals surface area contributed by atoms with Crippen molar-refractivity contribution in [2.45, 2.75) is 20.3 Å². The van der Waals surface area contributed by atoms with Gasteiger partial charge in [-0.1, -0.05) is 0 Å². The zero-order valence-corrected chi connectivity index (χ0v) is 12.3. The first-order valence-corrected chi connectivity index (χ1v) is 7.03. The van der Waals surface area contributed by atoms with Gasteiger partial charge in [-0.15, -0.1) is 11.3 Å². The van der Waals surface area contributed by atoms with Crippen LogP contribution in [0.5, 0.6) is 0 Å². The lowest BCUT2D eigenvalue weighted by molar-refractivity contribution is -0.120. The molecular formula is C14H13F2N3OS. The van der Waals surface area contributed by atoms with Crippen LogP contribution < -0.4 is 5.43 Å². The quantitative estimate of drug-likeness (QED) is 0.697. The fraction of sp³-hybridized carbons (Fsp3) is 0.214. The molecule has 7 heteroatoms. The van der Waals surface area contributed by atoms with Crippen LogP contribution in [-0.2, 0) is 11.2 Å². The Kier molecular flexibility index (Phi) is 4.74. The zero-order chi connectivity index (χ0) is 15.4. The second kappa shape index (κ2) is 6.53. The maximum absolute atomic E-state index is 13.1. The first kappa shape index (κ1) is 15.2. The second-order valence-electron chi connectivity index (χ2n) is 4.40. The molecule has 0 bridgehead atoms. The Bertz CT molecular complexity index is 697. The number of amides is 1. The minimum atomic E-state index is -0.952. The standard InChI is InChI=1S/C14H13F2N3OS/c1-8(10-3-4-12(15)13(16)5-10)18-19-14(20)6-11-7-21-9(2)17-11/h3-5,7H,6H2,1-2H3,(H,19,20)/b18-8-. The number of thiazole rings is 1. The summed E-state index contributed by atoms with van der Waals surface area (Å²) in [6.07, 6.45) is 0.124. The smallest absolute Gasteiger partial charge is 0.246 e. The van der Waals surface area contributed by atoms with Gasteiger partial charge in [0.05, 0.1) is 22.8 Å². The average Bonchev–Trinajstić information content (AvgIpc) is 2.84. The lowest BCUT2D eigenvalue weighted by atomic mass is 10.1. The molecule has 2 aromatic rings. The minimum Gasteiger partial charge on any atom is -0.273 e. The Morgan fingerprint density at radius 2 is 2.14 bits per heavy atom. The molecule has 4 nitrogen and oxygen atoms in total. The largest absolute Gasteiger partial charge is 0.273 e. The van der Waals surface area contributed by atoms with Crippen LogP contribution in [0.3, 0.4) is 0 Å². The molecule has 110 valence electrons. The number of nitrogens with one attached hydrogen (secondary N) is 1. The summed E-state index contributed by atoms with van der Waals surface area (Å²) >= 11 is 1.47. The van der Waals surface area contributed by atoms with Gasteiger partial charge in [-0.25, -0.2) is 19.2 Å². The molecule has 0 radical (unpaired) electrons.